The van der Waals surface area contributed by atoms with E-state index in [9.17, 15) is 0 Å². The Labute approximate surface area is 42.7 Å². The number of rotatable bonds is 1. The lowest BCUT2D eigenvalue weighted by molar-refractivity contribution is -0.0295. The van der Waals surface area contributed by atoms with Crippen molar-refractivity contribution >= 4 is 0 Å². The molecular weight excluding hydrogens is 92.1 g/mol. The second-order valence-corrected chi connectivity index (χ2v) is 1.33. The molecule has 7 heavy (non-hydrogen) atoms. The first kappa shape index (κ1) is 4.50. The molecule has 1 unspecified atom stereocenters. The molecule has 1 rings (SSSR count). The Kier molecular flexibility index (Phi) is 1.20. The first-order valence-electron chi connectivity index (χ1n) is 2.32. The van der Waals surface area contributed by atoms with Gasteiger partial charge in [0.1, 0.15) is 6.26 Å². The molecule has 2 heteroatoms. The lowest BCUT2D eigenvalue weighted by atomic mass is 10.5. The van der Waals surface area contributed by atoms with Gasteiger partial charge >= 0.3 is 0 Å². The fourth-order valence-corrected chi connectivity index (χ4v) is 0.415. The summed E-state index contributed by atoms with van der Waals surface area (Å²) in [7, 11) is 0. The van der Waals surface area contributed by atoms with Gasteiger partial charge in [0.2, 0.25) is 12.6 Å². The Bertz CT molecular complexity index is 70.1. The predicted molar refractivity (Wildman–Crippen MR) is 24.1 cm³/mol. The van der Waals surface area contributed by atoms with Crippen molar-refractivity contribution in [2.24, 2.45) is 0 Å². The van der Waals surface area contributed by atoms with E-state index in [-0.39, 0.29) is 6.29 Å². The molecule has 0 aliphatic carbocycles. The molecule has 0 N–H and O–H groups in total. The maximum absolute atomic E-state index is 4.84. The second kappa shape index (κ2) is 1.87. The highest BCUT2D eigenvalue weighted by Gasteiger charge is 2.07. The van der Waals surface area contributed by atoms with E-state index in [0.717, 1.165) is 6.42 Å². The van der Waals surface area contributed by atoms with Gasteiger partial charge in [0.15, 0.2) is 0 Å². The zero-order valence-corrected chi connectivity index (χ0v) is 4.18. The predicted octanol–water partition coefficient (Wildman–Crippen LogP) is 1.04. The quantitative estimate of drug-likeness (QED) is 0.489. The van der Waals surface area contributed by atoms with Gasteiger partial charge in [-0.1, -0.05) is 6.92 Å². The van der Waals surface area contributed by atoms with Gasteiger partial charge in [-0.05, 0) is 0 Å². The highest BCUT2D eigenvalue weighted by Crippen LogP contribution is 2.06. The number of hydrogen-bond acceptors (Lipinski definition) is 2. The van der Waals surface area contributed by atoms with Crippen molar-refractivity contribution in [1.29, 1.82) is 0 Å². The van der Waals surface area contributed by atoms with Crippen LogP contribution in [0.2, 0.25) is 0 Å². The fraction of sp³-hybridized carbons (Fsp3) is 0.600. The minimum absolute atomic E-state index is 0.0694. The summed E-state index contributed by atoms with van der Waals surface area (Å²) < 4.78 is 9.62. The minimum Gasteiger partial charge on any atom is -0.459 e. The van der Waals surface area contributed by atoms with E-state index in [1.165, 1.54) is 6.26 Å². The molecule has 0 amide bonds. The maximum atomic E-state index is 4.84. The largest absolute Gasteiger partial charge is 0.459 e. The van der Waals surface area contributed by atoms with E-state index in [1.54, 1.807) is 0 Å². The summed E-state index contributed by atoms with van der Waals surface area (Å²) in [6.45, 7) is 1.99. The standard InChI is InChI=1S/C5H7O2/c1-2-5-6-3-4-7-5/h3,5H,2H2,1H3. The van der Waals surface area contributed by atoms with Crippen molar-refractivity contribution in [2.45, 2.75) is 19.6 Å². The van der Waals surface area contributed by atoms with E-state index in [0.29, 0.717) is 0 Å². The topological polar surface area (TPSA) is 18.5 Å². The summed E-state index contributed by atoms with van der Waals surface area (Å²) in [6, 6.07) is 0. The van der Waals surface area contributed by atoms with Crippen molar-refractivity contribution in [1.82, 2.24) is 0 Å². The molecule has 0 spiro atoms. The van der Waals surface area contributed by atoms with Gasteiger partial charge in [-0.3, -0.25) is 0 Å². The van der Waals surface area contributed by atoms with Gasteiger partial charge in [-0.2, -0.15) is 0 Å². The van der Waals surface area contributed by atoms with Gasteiger partial charge in [0, 0.05) is 6.42 Å². The van der Waals surface area contributed by atoms with Crippen LogP contribution in [0.1, 0.15) is 13.3 Å². The van der Waals surface area contributed by atoms with E-state index < -0.39 is 0 Å². The van der Waals surface area contributed by atoms with Crippen molar-refractivity contribution in [3.63, 3.8) is 0 Å². The summed E-state index contributed by atoms with van der Waals surface area (Å²) in [6.07, 6.45) is 4.72. The first-order valence-corrected chi connectivity index (χ1v) is 2.32. The Morgan fingerprint density at radius 3 is 3.00 bits per heavy atom. The summed E-state index contributed by atoms with van der Waals surface area (Å²) in [5.41, 5.74) is 0. The van der Waals surface area contributed by atoms with E-state index in [2.05, 4.69) is 6.26 Å². The zero-order chi connectivity index (χ0) is 5.11. The second-order valence-electron chi connectivity index (χ2n) is 1.33. The monoisotopic (exact) mass is 99.0 g/mol. The average molecular weight is 99.1 g/mol. The van der Waals surface area contributed by atoms with Crippen LogP contribution in [0.4, 0.5) is 0 Å². The van der Waals surface area contributed by atoms with Crippen LogP contribution in [0, 0.1) is 6.26 Å². The van der Waals surface area contributed by atoms with Crippen LogP contribution in [0.25, 0.3) is 0 Å². The molecule has 2 nitrogen and oxygen atoms in total. The van der Waals surface area contributed by atoms with Crippen LogP contribution >= 0.6 is 0 Å². The summed E-state index contributed by atoms with van der Waals surface area (Å²) >= 11 is 0. The lowest BCUT2D eigenvalue weighted by Crippen LogP contribution is -2.03. The Hall–Kier alpha value is -0.660. The summed E-state index contributed by atoms with van der Waals surface area (Å²) in [4.78, 5) is 0. The van der Waals surface area contributed by atoms with Crippen molar-refractivity contribution in [3.05, 3.63) is 12.5 Å². The molecule has 1 aliphatic heterocycles. The number of hydrogen-bond donors (Lipinski definition) is 0. The molecule has 0 aromatic carbocycles. The molecular formula is C5H7O2. The third-order valence-corrected chi connectivity index (χ3v) is 0.801. The van der Waals surface area contributed by atoms with Crippen LogP contribution in [0.5, 0.6) is 0 Å². The molecule has 0 saturated carbocycles. The molecule has 1 aliphatic rings. The highest BCUT2D eigenvalue weighted by atomic mass is 16.7. The smallest absolute Gasteiger partial charge is 0.240 e. The third-order valence-electron chi connectivity index (χ3n) is 0.801. The first-order chi connectivity index (χ1) is 3.43. The highest BCUT2D eigenvalue weighted by molar-refractivity contribution is 4.61. The maximum Gasteiger partial charge on any atom is 0.240 e. The fourth-order valence-electron chi connectivity index (χ4n) is 0.415. The molecule has 0 saturated heterocycles. The van der Waals surface area contributed by atoms with Gasteiger partial charge in [0.05, 0.1) is 0 Å². The molecule has 0 bridgehead atoms. The molecule has 1 heterocycles. The average Bonchev–Trinajstić information content (AvgIpc) is 2.14. The minimum atomic E-state index is -0.0694. The van der Waals surface area contributed by atoms with Crippen molar-refractivity contribution in [3.8, 4) is 0 Å². The van der Waals surface area contributed by atoms with Gasteiger partial charge < -0.3 is 9.47 Å². The van der Waals surface area contributed by atoms with Crippen LogP contribution in [0.3, 0.4) is 0 Å². The van der Waals surface area contributed by atoms with E-state index in [4.69, 9.17) is 9.47 Å². The SMILES string of the molecule is CCC1O[C]=CO1. The lowest BCUT2D eigenvalue weighted by Gasteiger charge is -2.03. The zero-order valence-electron chi connectivity index (χ0n) is 4.18. The molecule has 1 radical (unpaired) electrons. The molecule has 0 aromatic rings. The molecule has 1 atom stereocenters. The summed E-state index contributed by atoms with van der Waals surface area (Å²) in [5, 5.41) is 0. The van der Waals surface area contributed by atoms with Crippen molar-refractivity contribution < 1.29 is 9.47 Å². The Balaban J connectivity index is 2.22. The molecule has 39 valence electrons. The van der Waals surface area contributed by atoms with Crippen LogP contribution in [-0.2, 0) is 9.47 Å². The van der Waals surface area contributed by atoms with Gasteiger partial charge in [-0.25, -0.2) is 0 Å². The Morgan fingerprint density at radius 1 is 1.86 bits per heavy atom. The Morgan fingerprint density at radius 2 is 2.71 bits per heavy atom. The van der Waals surface area contributed by atoms with Crippen molar-refractivity contribution in [2.75, 3.05) is 0 Å². The molecule has 0 fully saturated rings. The van der Waals surface area contributed by atoms with Crippen LogP contribution in [-0.4, -0.2) is 6.29 Å². The van der Waals surface area contributed by atoms with Crippen LogP contribution in [0.15, 0.2) is 6.26 Å². The van der Waals surface area contributed by atoms with E-state index >= 15 is 0 Å². The summed E-state index contributed by atoms with van der Waals surface area (Å²) in [5.74, 6) is 0. The van der Waals surface area contributed by atoms with E-state index in [1.807, 2.05) is 6.92 Å². The van der Waals surface area contributed by atoms with Crippen LogP contribution < -0.4 is 0 Å². The number of ether oxygens (including phenoxy) is 2. The molecule has 0 aromatic heterocycles. The van der Waals surface area contributed by atoms with Gasteiger partial charge in [0.25, 0.3) is 0 Å². The van der Waals surface area contributed by atoms with Gasteiger partial charge in [-0.15, -0.1) is 0 Å². The normalized spacial score (nSPS) is 19.0. The third kappa shape index (κ3) is 0.856.